The maximum atomic E-state index is 12.9. The number of carbonyl (C=O) groups excluding carboxylic acids is 1. The number of halogens is 1. The van der Waals surface area contributed by atoms with Crippen LogP contribution < -0.4 is 10.6 Å². The molecule has 2 heterocycles. The molecule has 7 nitrogen and oxygen atoms in total. The van der Waals surface area contributed by atoms with Crippen molar-refractivity contribution in [2.75, 3.05) is 25.0 Å². The molecule has 8 heteroatoms. The average molecular weight is 436 g/mol. The van der Waals surface area contributed by atoms with Gasteiger partial charge in [-0.3, -0.25) is 4.79 Å². The lowest BCUT2D eigenvalue weighted by atomic mass is 10.1. The molecule has 0 unspecified atom stereocenters. The van der Waals surface area contributed by atoms with Crippen molar-refractivity contribution in [1.82, 2.24) is 19.9 Å². The minimum absolute atomic E-state index is 0.0955. The Bertz CT molecular complexity index is 1210. The molecular weight excluding hydrogens is 414 g/mol. The number of anilines is 1. The van der Waals surface area contributed by atoms with E-state index < -0.39 is 0 Å². The largest absolute Gasteiger partial charge is 0.395 e. The van der Waals surface area contributed by atoms with E-state index in [0.29, 0.717) is 29.5 Å². The summed E-state index contributed by atoms with van der Waals surface area (Å²) in [5, 5.41) is 19.9. The zero-order chi connectivity index (χ0) is 21.6. The van der Waals surface area contributed by atoms with Crippen LogP contribution in [0.2, 0.25) is 5.02 Å². The third kappa shape index (κ3) is 4.91. The van der Waals surface area contributed by atoms with Crippen molar-refractivity contribution in [3.8, 4) is 11.1 Å². The maximum absolute atomic E-state index is 12.9. The molecular formula is C23H22ClN5O2. The average Bonchev–Trinajstić information content (AvgIpc) is 3.21. The van der Waals surface area contributed by atoms with Gasteiger partial charge in [-0.1, -0.05) is 41.9 Å². The molecule has 0 aliphatic heterocycles. The lowest BCUT2D eigenvalue weighted by Gasteiger charge is -2.11. The minimum Gasteiger partial charge on any atom is -0.395 e. The number of nitrogens with zero attached hydrogens (tertiary/aromatic N) is 3. The molecule has 0 fully saturated rings. The Kier molecular flexibility index (Phi) is 6.57. The summed E-state index contributed by atoms with van der Waals surface area (Å²) in [4.78, 5) is 17.5. The number of amides is 1. The van der Waals surface area contributed by atoms with Gasteiger partial charge in [0.05, 0.1) is 12.8 Å². The zero-order valence-corrected chi connectivity index (χ0v) is 17.5. The Hall–Kier alpha value is -3.26. The number of aliphatic hydroxyl groups excluding tert-OH is 1. The second-order valence-electron chi connectivity index (χ2n) is 6.98. The zero-order valence-electron chi connectivity index (χ0n) is 16.8. The normalized spacial score (nSPS) is 11.0. The van der Waals surface area contributed by atoms with E-state index >= 15 is 0 Å². The lowest BCUT2D eigenvalue weighted by molar-refractivity contribution is 0.102. The van der Waals surface area contributed by atoms with Crippen LogP contribution in [0, 0.1) is 0 Å². The highest BCUT2D eigenvalue weighted by atomic mass is 35.5. The number of rotatable bonds is 8. The van der Waals surface area contributed by atoms with Crippen LogP contribution >= 0.6 is 11.6 Å². The summed E-state index contributed by atoms with van der Waals surface area (Å²) < 4.78 is 1.63. The molecule has 4 rings (SSSR count). The fraction of sp³-hybridized carbons (Fsp3) is 0.174. The van der Waals surface area contributed by atoms with Gasteiger partial charge in [0, 0.05) is 29.0 Å². The smallest absolute Gasteiger partial charge is 0.274 e. The van der Waals surface area contributed by atoms with E-state index in [2.05, 4.69) is 20.7 Å². The van der Waals surface area contributed by atoms with Crippen LogP contribution in [0.3, 0.4) is 0 Å². The Labute approximate surface area is 184 Å². The first-order valence-electron chi connectivity index (χ1n) is 9.97. The van der Waals surface area contributed by atoms with Crippen LogP contribution in [-0.4, -0.2) is 45.3 Å². The van der Waals surface area contributed by atoms with Gasteiger partial charge in [-0.25, -0.2) is 9.50 Å². The van der Waals surface area contributed by atoms with Gasteiger partial charge in [0.15, 0.2) is 5.65 Å². The van der Waals surface area contributed by atoms with Crippen LogP contribution in [0.15, 0.2) is 67.0 Å². The molecule has 2 aromatic carbocycles. The third-order valence-electron chi connectivity index (χ3n) is 4.86. The number of hydrogen-bond donors (Lipinski definition) is 3. The number of fused-ring (bicyclic) bond motifs is 1. The maximum Gasteiger partial charge on any atom is 0.274 e. The van der Waals surface area contributed by atoms with Crippen molar-refractivity contribution >= 4 is 28.8 Å². The van der Waals surface area contributed by atoms with Crippen LogP contribution in [0.5, 0.6) is 0 Å². The monoisotopic (exact) mass is 435 g/mol. The summed E-state index contributed by atoms with van der Waals surface area (Å²) in [7, 11) is 0. The van der Waals surface area contributed by atoms with Crippen LogP contribution in [0.4, 0.5) is 5.69 Å². The van der Waals surface area contributed by atoms with Crippen LogP contribution in [0.1, 0.15) is 16.1 Å². The molecule has 0 aliphatic carbocycles. The van der Waals surface area contributed by atoms with E-state index in [1.54, 1.807) is 29.0 Å². The van der Waals surface area contributed by atoms with Gasteiger partial charge in [-0.2, -0.15) is 5.10 Å². The number of aliphatic hydroxyl groups is 1. The number of carbonyl (C=O) groups is 1. The first-order valence-corrected chi connectivity index (χ1v) is 10.3. The molecule has 158 valence electrons. The van der Waals surface area contributed by atoms with Gasteiger partial charge in [0.1, 0.15) is 5.69 Å². The molecule has 4 aromatic rings. The molecule has 0 aliphatic rings. The fourth-order valence-electron chi connectivity index (χ4n) is 3.33. The molecule has 0 bridgehead atoms. The van der Waals surface area contributed by atoms with E-state index in [1.807, 2.05) is 42.5 Å². The second-order valence-corrected chi connectivity index (χ2v) is 7.42. The highest BCUT2D eigenvalue weighted by Gasteiger charge is 2.14. The van der Waals surface area contributed by atoms with Crippen LogP contribution in [0.25, 0.3) is 16.8 Å². The number of aromatic nitrogens is 3. The Morgan fingerprint density at radius 2 is 1.97 bits per heavy atom. The molecule has 0 saturated carbocycles. The van der Waals surface area contributed by atoms with Crippen LogP contribution in [-0.2, 0) is 6.42 Å². The summed E-state index contributed by atoms with van der Waals surface area (Å²) in [5.74, 6) is -0.295. The Balaban J connectivity index is 1.57. The Morgan fingerprint density at radius 1 is 1.10 bits per heavy atom. The van der Waals surface area contributed by atoms with Crippen molar-refractivity contribution in [2.24, 2.45) is 0 Å². The topological polar surface area (TPSA) is 91.5 Å². The summed E-state index contributed by atoms with van der Waals surface area (Å²) >= 11 is 6.12. The fourth-order valence-corrected chi connectivity index (χ4v) is 3.52. The minimum atomic E-state index is -0.295. The third-order valence-corrected chi connectivity index (χ3v) is 5.10. The van der Waals surface area contributed by atoms with E-state index in [9.17, 15) is 4.79 Å². The van der Waals surface area contributed by atoms with E-state index in [0.717, 1.165) is 28.8 Å². The van der Waals surface area contributed by atoms with E-state index in [4.69, 9.17) is 16.7 Å². The molecule has 0 spiro atoms. The predicted molar refractivity (Wildman–Crippen MR) is 121 cm³/mol. The van der Waals surface area contributed by atoms with Gasteiger partial charge in [-0.05, 0) is 48.4 Å². The SMILES string of the molecule is O=C(Nc1ccccc1CCNCCO)c1ccn2ncc(-c3cccc(Cl)c3)c2n1. The molecule has 0 saturated heterocycles. The van der Waals surface area contributed by atoms with Gasteiger partial charge < -0.3 is 15.7 Å². The molecule has 0 atom stereocenters. The lowest BCUT2D eigenvalue weighted by Crippen LogP contribution is -2.22. The molecule has 3 N–H and O–H groups in total. The summed E-state index contributed by atoms with van der Waals surface area (Å²) in [6.45, 7) is 1.34. The van der Waals surface area contributed by atoms with Gasteiger partial charge in [0.2, 0.25) is 0 Å². The van der Waals surface area contributed by atoms with Gasteiger partial charge >= 0.3 is 0 Å². The quantitative estimate of drug-likeness (QED) is 0.369. The Morgan fingerprint density at radius 3 is 2.81 bits per heavy atom. The second kappa shape index (κ2) is 9.70. The van der Waals surface area contributed by atoms with Gasteiger partial charge in [-0.15, -0.1) is 0 Å². The highest BCUT2D eigenvalue weighted by Crippen LogP contribution is 2.26. The first kappa shape index (κ1) is 21.0. The van der Waals surface area contributed by atoms with Crippen molar-refractivity contribution in [1.29, 1.82) is 0 Å². The summed E-state index contributed by atoms with van der Waals surface area (Å²) in [6.07, 6.45) is 4.16. The van der Waals surface area contributed by atoms with Crippen molar-refractivity contribution in [2.45, 2.75) is 6.42 Å². The number of benzene rings is 2. The molecule has 1 amide bonds. The van der Waals surface area contributed by atoms with Crippen molar-refractivity contribution in [3.63, 3.8) is 0 Å². The number of para-hydroxylation sites is 1. The summed E-state index contributed by atoms with van der Waals surface area (Å²) in [5.41, 5.74) is 4.30. The first-order chi connectivity index (χ1) is 15.2. The highest BCUT2D eigenvalue weighted by molar-refractivity contribution is 6.30. The van der Waals surface area contributed by atoms with Crippen molar-refractivity contribution < 1.29 is 9.90 Å². The molecule has 2 aromatic heterocycles. The van der Waals surface area contributed by atoms with Crippen molar-refractivity contribution in [3.05, 3.63) is 83.3 Å². The van der Waals surface area contributed by atoms with Gasteiger partial charge in [0.25, 0.3) is 5.91 Å². The predicted octanol–water partition coefficient (Wildman–Crippen LogP) is 3.43. The van der Waals surface area contributed by atoms with E-state index in [-0.39, 0.29) is 12.5 Å². The molecule has 31 heavy (non-hydrogen) atoms. The standard InChI is InChI=1S/C23H22ClN5O2/c24-18-6-3-5-17(14-18)19-15-26-29-12-9-21(27-22(19)29)23(31)28-20-7-2-1-4-16(20)8-10-25-11-13-30/h1-7,9,12,14-15,25,30H,8,10-11,13H2,(H,28,31). The summed E-state index contributed by atoms with van der Waals surface area (Å²) in [6, 6.07) is 16.7. The number of hydrogen-bond acceptors (Lipinski definition) is 5. The molecule has 0 radical (unpaired) electrons. The number of nitrogens with one attached hydrogen (secondary N) is 2. The van der Waals surface area contributed by atoms with E-state index in [1.165, 1.54) is 0 Å².